The predicted octanol–water partition coefficient (Wildman–Crippen LogP) is 1.53. The van der Waals surface area contributed by atoms with Crippen molar-refractivity contribution in [3.63, 3.8) is 0 Å². The van der Waals surface area contributed by atoms with Gasteiger partial charge in [-0.25, -0.2) is 0 Å². The standard InChI is InChI=1S/C15H19NO4S/c1-18-12-5-9-3-4-16-14(11(9)6-13(12)19-2)10(7-17)8-20-15(16)21/h5-6,10,14,17H,3-4,7-8H2,1-2H3. The van der Waals surface area contributed by atoms with Crippen molar-refractivity contribution in [2.45, 2.75) is 12.5 Å². The van der Waals surface area contributed by atoms with Crippen LogP contribution in [0.25, 0.3) is 0 Å². The Bertz CT molecular complexity index is 563. The summed E-state index contributed by atoms with van der Waals surface area (Å²) in [5.74, 6) is 1.45. The third-order valence-corrected chi connectivity index (χ3v) is 4.61. The van der Waals surface area contributed by atoms with Gasteiger partial charge in [0.15, 0.2) is 11.5 Å². The van der Waals surface area contributed by atoms with Gasteiger partial charge in [-0.1, -0.05) is 0 Å². The minimum absolute atomic E-state index is 0.00820. The van der Waals surface area contributed by atoms with E-state index in [4.69, 9.17) is 26.4 Å². The van der Waals surface area contributed by atoms with Gasteiger partial charge >= 0.3 is 0 Å². The summed E-state index contributed by atoms with van der Waals surface area (Å²) in [6.45, 7) is 1.31. The number of ether oxygens (including phenoxy) is 3. The highest BCUT2D eigenvalue weighted by Crippen LogP contribution is 2.42. The minimum Gasteiger partial charge on any atom is -0.493 e. The van der Waals surface area contributed by atoms with Crippen LogP contribution in [0.1, 0.15) is 17.2 Å². The van der Waals surface area contributed by atoms with Gasteiger partial charge in [-0.3, -0.25) is 0 Å². The van der Waals surface area contributed by atoms with E-state index in [0.29, 0.717) is 17.5 Å². The SMILES string of the molecule is COc1cc2c(cc1OC)C1C(CO)COC(=S)N1CC2. The minimum atomic E-state index is 0.00820. The van der Waals surface area contributed by atoms with Crippen molar-refractivity contribution in [2.75, 3.05) is 34.0 Å². The number of hydrogen-bond acceptors (Lipinski definition) is 5. The van der Waals surface area contributed by atoms with E-state index >= 15 is 0 Å². The zero-order valence-corrected chi connectivity index (χ0v) is 13.0. The van der Waals surface area contributed by atoms with E-state index in [-0.39, 0.29) is 18.6 Å². The Kier molecular flexibility index (Phi) is 3.91. The molecule has 0 aliphatic carbocycles. The second kappa shape index (κ2) is 5.69. The Morgan fingerprint density at radius 1 is 1.33 bits per heavy atom. The molecule has 0 spiro atoms. The molecule has 2 aliphatic rings. The van der Waals surface area contributed by atoms with E-state index in [9.17, 15) is 5.11 Å². The predicted molar refractivity (Wildman–Crippen MR) is 81.8 cm³/mol. The van der Waals surface area contributed by atoms with Crippen molar-refractivity contribution in [1.82, 2.24) is 4.90 Å². The Labute approximate surface area is 129 Å². The highest BCUT2D eigenvalue weighted by molar-refractivity contribution is 7.80. The molecule has 0 bridgehead atoms. The number of nitrogens with zero attached hydrogens (tertiary/aromatic N) is 1. The van der Waals surface area contributed by atoms with E-state index in [1.54, 1.807) is 14.2 Å². The first-order valence-electron chi connectivity index (χ1n) is 6.98. The quantitative estimate of drug-likeness (QED) is 0.855. The Morgan fingerprint density at radius 2 is 2.05 bits per heavy atom. The van der Waals surface area contributed by atoms with Gasteiger partial charge in [-0.2, -0.15) is 0 Å². The van der Waals surface area contributed by atoms with Crippen molar-refractivity contribution in [3.05, 3.63) is 23.3 Å². The number of aliphatic hydroxyl groups excluding tert-OH is 1. The number of fused-ring (bicyclic) bond motifs is 3. The molecule has 0 radical (unpaired) electrons. The van der Waals surface area contributed by atoms with Crippen LogP contribution in [0.15, 0.2) is 12.1 Å². The lowest BCUT2D eigenvalue weighted by molar-refractivity contribution is 0.0324. The second-order valence-electron chi connectivity index (χ2n) is 5.31. The first-order chi connectivity index (χ1) is 10.2. The van der Waals surface area contributed by atoms with Gasteiger partial charge < -0.3 is 24.2 Å². The molecule has 21 heavy (non-hydrogen) atoms. The molecule has 3 rings (SSSR count). The van der Waals surface area contributed by atoms with Crippen LogP contribution in [0.4, 0.5) is 0 Å². The topological polar surface area (TPSA) is 51.2 Å². The van der Waals surface area contributed by atoms with Crippen LogP contribution in [0, 0.1) is 5.92 Å². The summed E-state index contributed by atoms with van der Waals surface area (Å²) < 4.78 is 16.3. The fourth-order valence-electron chi connectivity index (χ4n) is 3.19. The van der Waals surface area contributed by atoms with Crippen LogP contribution in [0.5, 0.6) is 11.5 Å². The van der Waals surface area contributed by atoms with Gasteiger partial charge in [0, 0.05) is 12.5 Å². The zero-order valence-electron chi connectivity index (χ0n) is 12.2. The summed E-state index contributed by atoms with van der Waals surface area (Å²) >= 11 is 5.31. The molecule has 1 fully saturated rings. The molecule has 114 valence electrons. The first-order valence-corrected chi connectivity index (χ1v) is 7.39. The van der Waals surface area contributed by atoms with Gasteiger partial charge in [0.05, 0.1) is 33.5 Å². The molecule has 0 saturated carbocycles. The lowest BCUT2D eigenvalue weighted by Crippen LogP contribution is -2.49. The van der Waals surface area contributed by atoms with E-state index in [1.165, 1.54) is 5.56 Å². The maximum atomic E-state index is 9.66. The summed E-state index contributed by atoms with van der Waals surface area (Å²) in [7, 11) is 3.27. The molecule has 1 aromatic rings. The van der Waals surface area contributed by atoms with Crippen molar-refractivity contribution in [1.29, 1.82) is 0 Å². The van der Waals surface area contributed by atoms with Crippen LogP contribution < -0.4 is 9.47 Å². The summed E-state index contributed by atoms with van der Waals surface area (Å²) in [4.78, 5) is 2.06. The van der Waals surface area contributed by atoms with Crippen molar-refractivity contribution in [2.24, 2.45) is 5.92 Å². The molecule has 5 nitrogen and oxygen atoms in total. The second-order valence-corrected chi connectivity index (χ2v) is 5.66. The van der Waals surface area contributed by atoms with Crippen LogP contribution >= 0.6 is 12.2 Å². The van der Waals surface area contributed by atoms with Gasteiger partial charge in [-0.15, -0.1) is 0 Å². The fourth-order valence-corrected chi connectivity index (χ4v) is 3.47. The number of hydrogen-bond donors (Lipinski definition) is 1. The average molecular weight is 309 g/mol. The Morgan fingerprint density at radius 3 is 2.71 bits per heavy atom. The lowest BCUT2D eigenvalue weighted by Gasteiger charge is -2.45. The smallest absolute Gasteiger partial charge is 0.259 e. The molecule has 0 aromatic heterocycles. The molecule has 0 amide bonds. The number of aliphatic hydroxyl groups is 1. The van der Waals surface area contributed by atoms with Crippen LogP contribution in [-0.4, -0.2) is 49.2 Å². The average Bonchev–Trinajstić information content (AvgIpc) is 2.53. The summed E-state index contributed by atoms with van der Waals surface area (Å²) in [5.41, 5.74) is 2.36. The Balaban J connectivity index is 2.08. The maximum Gasteiger partial charge on any atom is 0.259 e. The van der Waals surface area contributed by atoms with E-state index < -0.39 is 0 Å². The number of methoxy groups -OCH3 is 2. The molecule has 2 aliphatic heterocycles. The molecular formula is C15H19NO4S. The number of benzene rings is 1. The maximum absolute atomic E-state index is 9.66. The molecular weight excluding hydrogens is 290 g/mol. The molecule has 2 unspecified atom stereocenters. The van der Waals surface area contributed by atoms with Gasteiger partial charge in [0.25, 0.3) is 5.17 Å². The Hall–Kier alpha value is -1.53. The van der Waals surface area contributed by atoms with Crippen molar-refractivity contribution < 1.29 is 19.3 Å². The molecule has 2 atom stereocenters. The third kappa shape index (κ3) is 2.32. The van der Waals surface area contributed by atoms with Crippen LogP contribution in [0.3, 0.4) is 0 Å². The lowest BCUT2D eigenvalue weighted by atomic mass is 9.84. The first kappa shape index (κ1) is 14.4. The normalized spacial score (nSPS) is 24.0. The van der Waals surface area contributed by atoms with E-state index in [2.05, 4.69) is 4.90 Å². The highest BCUT2D eigenvalue weighted by atomic mass is 32.1. The van der Waals surface area contributed by atoms with Crippen LogP contribution in [-0.2, 0) is 11.2 Å². The van der Waals surface area contributed by atoms with E-state index in [1.807, 2.05) is 12.1 Å². The number of rotatable bonds is 3. The zero-order chi connectivity index (χ0) is 15.0. The van der Waals surface area contributed by atoms with E-state index in [0.717, 1.165) is 24.3 Å². The molecule has 1 N–H and O–H groups in total. The molecule has 2 heterocycles. The molecule has 1 aromatic carbocycles. The van der Waals surface area contributed by atoms with Crippen molar-refractivity contribution >= 4 is 17.4 Å². The third-order valence-electron chi connectivity index (χ3n) is 4.26. The van der Waals surface area contributed by atoms with Crippen molar-refractivity contribution in [3.8, 4) is 11.5 Å². The highest BCUT2D eigenvalue weighted by Gasteiger charge is 2.40. The van der Waals surface area contributed by atoms with Gasteiger partial charge in [0.2, 0.25) is 0 Å². The van der Waals surface area contributed by atoms with Crippen LogP contribution in [0.2, 0.25) is 0 Å². The fraction of sp³-hybridized carbons (Fsp3) is 0.533. The van der Waals surface area contributed by atoms with Gasteiger partial charge in [-0.05, 0) is 41.9 Å². The summed E-state index contributed by atoms with van der Waals surface area (Å²) in [6, 6.07) is 4.07. The monoisotopic (exact) mass is 309 g/mol. The number of thiocarbonyl (C=S) groups is 1. The molecule has 1 saturated heterocycles. The van der Waals surface area contributed by atoms with Gasteiger partial charge in [0.1, 0.15) is 0 Å². The molecule has 6 heteroatoms. The summed E-state index contributed by atoms with van der Waals surface area (Å²) in [5, 5.41) is 10.2. The largest absolute Gasteiger partial charge is 0.493 e. The summed E-state index contributed by atoms with van der Waals surface area (Å²) in [6.07, 6.45) is 0.869.